The summed E-state index contributed by atoms with van der Waals surface area (Å²) in [4.78, 5) is 13.5. The molecule has 0 aliphatic carbocycles. The number of rotatable bonds is 5. The smallest absolute Gasteiger partial charge is 0.232 e. The molecule has 1 unspecified atom stereocenters. The van der Waals surface area contributed by atoms with Crippen LogP contribution in [0.5, 0.6) is 0 Å². The molecule has 1 fully saturated rings. The number of carbonyl (C=O) groups is 1. The fraction of sp³-hybridized carbons (Fsp3) is 0.900. The molecule has 2 N–H and O–H groups in total. The molecule has 1 saturated heterocycles. The largest absolute Gasteiger partial charge is 0.378 e. The third-order valence-corrected chi connectivity index (χ3v) is 3.28. The number of ether oxygens (including phenoxy) is 1. The van der Waals surface area contributed by atoms with E-state index in [4.69, 9.17) is 10.5 Å². The number of amides is 1. The van der Waals surface area contributed by atoms with Crippen molar-refractivity contribution in [3.63, 3.8) is 0 Å². The Labute approximate surface area is 95.5 Å². The van der Waals surface area contributed by atoms with Crippen molar-refractivity contribution in [3.8, 4) is 0 Å². The summed E-state index contributed by atoms with van der Waals surface area (Å²) in [5.74, 6) is 1.77. The second-order valence-electron chi connectivity index (χ2n) is 3.81. The normalized spacial score (nSPS) is 18.9. The predicted molar refractivity (Wildman–Crippen MR) is 63.0 cm³/mol. The van der Waals surface area contributed by atoms with Crippen molar-refractivity contribution >= 4 is 17.7 Å². The topological polar surface area (TPSA) is 55.6 Å². The van der Waals surface area contributed by atoms with Crippen molar-refractivity contribution in [2.75, 3.05) is 37.8 Å². The molecule has 0 aromatic rings. The highest BCUT2D eigenvalue weighted by Gasteiger charge is 2.16. The molecule has 1 amide bonds. The molecule has 1 heterocycles. The van der Waals surface area contributed by atoms with Crippen LogP contribution in [0.1, 0.15) is 13.3 Å². The first-order chi connectivity index (χ1) is 7.20. The minimum Gasteiger partial charge on any atom is -0.378 e. The van der Waals surface area contributed by atoms with E-state index in [2.05, 4.69) is 0 Å². The standard InChI is InChI=1S/C10H20N2O2S/c1-9(11)2-7-15-8-10(13)12-3-5-14-6-4-12/h9H,2-8,11H2,1H3. The van der Waals surface area contributed by atoms with E-state index in [1.54, 1.807) is 11.8 Å². The van der Waals surface area contributed by atoms with Gasteiger partial charge in [-0.2, -0.15) is 11.8 Å². The Hall–Kier alpha value is -0.260. The summed E-state index contributed by atoms with van der Waals surface area (Å²) in [6.07, 6.45) is 0.973. The van der Waals surface area contributed by atoms with Gasteiger partial charge in [-0.05, 0) is 19.1 Å². The maximum atomic E-state index is 11.7. The lowest BCUT2D eigenvalue weighted by molar-refractivity contribution is -0.132. The van der Waals surface area contributed by atoms with Crippen LogP contribution in [0.2, 0.25) is 0 Å². The van der Waals surface area contributed by atoms with Gasteiger partial charge in [-0.1, -0.05) is 0 Å². The Morgan fingerprint density at radius 2 is 2.20 bits per heavy atom. The molecule has 5 heteroatoms. The molecular weight excluding hydrogens is 212 g/mol. The third kappa shape index (κ3) is 5.39. The van der Waals surface area contributed by atoms with Gasteiger partial charge in [0, 0.05) is 19.1 Å². The first-order valence-electron chi connectivity index (χ1n) is 5.39. The van der Waals surface area contributed by atoms with Crippen molar-refractivity contribution < 1.29 is 9.53 Å². The highest BCUT2D eigenvalue weighted by atomic mass is 32.2. The predicted octanol–water partition coefficient (Wildman–Crippen LogP) is 0.316. The maximum absolute atomic E-state index is 11.7. The van der Waals surface area contributed by atoms with Crippen molar-refractivity contribution in [2.24, 2.45) is 5.73 Å². The summed E-state index contributed by atoms with van der Waals surface area (Å²) in [5.41, 5.74) is 5.63. The molecule has 1 rings (SSSR count). The third-order valence-electron chi connectivity index (χ3n) is 2.31. The van der Waals surface area contributed by atoms with Gasteiger partial charge in [0.2, 0.25) is 5.91 Å². The summed E-state index contributed by atoms with van der Waals surface area (Å²) in [6.45, 7) is 4.83. The molecule has 0 saturated carbocycles. The highest BCUT2D eigenvalue weighted by Crippen LogP contribution is 2.07. The van der Waals surface area contributed by atoms with Crippen molar-refractivity contribution in [1.29, 1.82) is 0 Å². The fourth-order valence-electron chi connectivity index (χ4n) is 1.33. The first-order valence-corrected chi connectivity index (χ1v) is 6.54. The summed E-state index contributed by atoms with van der Waals surface area (Å²) < 4.78 is 5.19. The summed E-state index contributed by atoms with van der Waals surface area (Å²) >= 11 is 1.67. The van der Waals surface area contributed by atoms with Gasteiger partial charge in [0.25, 0.3) is 0 Å². The van der Waals surface area contributed by atoms with Gasteiger partial charge in [-0.15, -0.1) is 0 Å². The van der Waals surface area contributed by atoms with Gasteiger partial charge in [0.15, 0.2) is 0 Å². The van der Waals surface area contributed by atoms with Crippen LogP contribution in [0, 0.1) is 0 Å². The number of nitrogens with zero attached hydrogens (tertiary/aromatic N) is 1. The molecule has 0 bridgehead atoms. The Balaban J connectivity index is 2.07. The number of morpholine rings is 1. The van der Waals surface area contributed by atoms with Crippen LogP contribution in [0.3, 0.4) is 0 Å². The van der Waals surface area contributed by atoms with Crippen molar-refractivity contribution in [3.05, 3.63) is 0 Å². The van der Waals surface area contributed by atoms with Crippen LogP contribution in [0.15, 0.2) is 0 Å². The zero-order valence-electron chi connectivity index (χ0n) is 9.28. The highest BCUT2D eigenvalue weighted by molar-refractivity contribution is 7.99. The molecule has 1 atom stereocenters. The van der Waals surface area contributed by atoms with E-state index in [0.29, 0.717) is 19.0 Å². The number of nitrogens with two attached hydrogens (primary N) is 1. The molecule has 1 aliphatic heterocycles. The Bertz CT molecular complexity index is 194. The van der Waals surface area contributed by atoms with Crippen LogP contribution >= 0.6 is 11.8 Å². The molecule has 4 nitrogen and oxygen atoms in total. The molecule has 15 heavy (non-hydrogen) atoms. The zero-order valence-corrected chi connectivity index (χ0v) is 10.1. The van der Waals surface area contributed by atoms with Crippen LogP contribution in [0.4, 0.5) is 0 Å². The number of hydrogen-bond donors (Lipinski definition) is 1. The van der Waals surface area contributed by atoms with Gasteiger partial charge in [-0.3, -0.25) is 4.79 Å². The van der Waals surface area contributed by atoms with Crippen molar-refractivity contribution in [2.45, 2.75) is 19.4 Å². The Morgan fingerprint density at radius 3 is 2.80 bits per heavy atom. The van der Waals surface area contributed by atoms with E-state index in [1.165, 1.54) is 0 Å². The van der Waals surface area contributed by atoms with Crippen LogP contribution in [-0.4, -0.2) is 54.7 Å². The van der Waals surface area contributed by atoms with Gasteiger partial charge >= 0.3 is 0 Å². The minimum atomic E-state index is 0.230. The maximum Gasteiger partial charge on any atom is 0.232 e. The number of carbonyl (C=O) groups excluding carboxylic acids is 1. The molecule has 1 aliphatic rings. The fourth-order valence-corrected chi connectivity index (χ4v) is 2.37. The van der Waals surface area contributed by atoms with Crippen LogP contribution in [-0.2, 0) is 9.53 Å². The number of thioether (sulfide) groups is 1. The lowest BCUT2D eigenvalue weighted by Crippen LogP contribution is -2.41. The van der Waals surface area contributed by atoms with Gasteiger partial charge < -0.3 is 15.4 Å². The first kappa shape index (κ1) is 12.8. The van der Waals surface area contributed by atoms with E-state index in [9.17, 15) is 4.79 Å². The van der Waals surface area contributed by atoms with E-state index in [0.717, 1.165) is 25.3 Å². The molecule has 0 radical (unpaired) electrons. The minimum absolute atomic E-state index is 0.230. The molecule has 0 aromatic heterocycles. The van der Waals surface area contributed by atoms with Crippen LogP contribution < -0.4 is 5.73 Å². The van der Waals surface area contributed by atoms with E-state index in [-0.39, 0.29) is 11.9 Å². The van der Waals surface area contributed by atoms with Crippen LogP contribution in [0.25, 0.3) is 0 Å². The summed E-state index contributed by atoms with van der Waals surface area (Å²) in [5, 5.41) is 0. The molecular formula is C10H20N2O2S. The Kier molecular flexibility index (Phi) is 6.05. The van der Waals surface area contributed by atoms with Crippen molar-refractivity contribution in [1.82, 2.24) is 4.90 Å². The molecule has 0 spiro atoms. The summed E-state index contributed by atoms with van der Waals surface area (Å²) in [7, 11) is 0. The van der Waals surface area contributed by atoms with Gasteiger partial charge in [0.05, 0.1) is 19.0 Å². The SMILES string of the molecule is CC(N)CCSCC(=O)N1CCOCC1. The summed E-state index contributed by atoms with van der Waals surface area (Å²) in [6, 6.07) is 0.232. The number of hydrogen-bond acceptors (Lipinski definition) is 4. The van der Waals surface area contributed by atoms with Gasteiger partial charge in [0.1, 0.15) is 0 Å². The molecule has 0 aromatic carbocycles. The van der Waals surface area contributed by atoms with E-state index >= 15 is 0 Å². The monoisotopic (exact) mass is 232 g/mol. The second-order valence-corrected chi connectivity index (χ2v) is 4.92. The van der Waals surface area contributed by atoms with E-state index in [1.807, 2.05) is 11.8 Å². The molecule has 88 valence electrons. The average Bonchev–Trinajstić information content (AvgIpc) is 2.25. The quantitative estimate of drug-likeness (QED) is 0.693. The average molecular weight is 232 g/mol. The lowest BCUT2D eigenvalue weighted by Gasteiger charge is -2.26. The second kappa shape index (κ2) is 7.09. The Morgan fingerprint density at radius 1 is 1.53 bits per heavy atom. The van der Waals surface area contributed by atoms with Gasteiger partial charge in [-0.25, -0.2) is 0 Å². The van der Waals surface area contributed by atoms with E-state index < -0.39 is 0 Å². The zero-order chi connectivity index (χ0) is 11.1. The lowest BCUT2D eigenvalue weighted by atomic mass is 10.3.